The van der Waals surface area contributed by atoms with Gasteiger partial charge in [0.15, 0.2) is 11.5 Å². The molecule has 0 radical (unpaired) electrons. The molecular weight excluding hydrogens is 392 g/mol. The van der Waals surface area contributed by atoms with Gasteiger partial charge in [-0.2, -0.15) is 0 Å². The van der Waals surface area contributed by atoms with E-state index in [1.165, 1.54) is 0 Å². The van der Waals surface area contributed by atoms with Crippen molar-refractivity contribution in [2.75, 3.05) is 18.5 Å². The van der Waals surface area contributed by atoms with E-state index in [-0.39, 0.29) is 24.2 Å². The Morgan fingerprint density at radius 2 is 1.65 bits per heavy atom. The van der Waals surface area contributed by atoms with E-state index in [2.05, 4.69) is 10.6 Å². The van der Waals surface area contributed by atoms with Gasteiger partial charge in [0.1, 0.15) is 19.3 Å². The molecule has 6 nitrogen and oxygen atoms in total. The lowest BCUT2D eigenvalue weighted by Crippen LogP contribution is -2.47. The second kappa shape index (κ2) is 9.08. The number of carbonyl (C=O) groups is 2. The molecule has 6 heteroatoms. The number of hydrogen-bond acceptors (Lipinski definition) is 4. The van der Waals surface area contributed by atoms with Crippen LogP contribution >= 0.6 is 0 Å². The van der Waals surface area contributed by atoms with Crippen molar-refractivity contribution in [2.45, 2.75) is 26.3 Å². The van der Waals surface area contributed by atoms with Crippen LogP contribution in [0.5, 0.6) is 11.5 Å². The summed E-state index contributed by atoms with van der Waals surface area (Å²) in [4.78, 5) is 25.6. The molecule has 0 fully saturated rings. The summed E-state index contributed by atoms with van der Waals surface area (Å²) in [6.07, 6.45) is 0.214. The summed E-state index contributed by atoms with van der Waals surface area (Å²) < 4.78 is 11.1. The van der Waals surface area contributed by atoms with Gasteiger partial charge in [-0.3, -0.25) is 9.59 Å². The van der Waals surface area contributed by atoms with Crippen LogP contribution in [0.25, 0.3) is 10.8 Å². The molecule has 0 bridgehead atoms. The number of fused-ring (bicyclic) bond motifs is 2. The van der Waals surface area contributed by atoms with E-state index >= 15 is 0 Å². The molecule has 1 aliphatic rings. The SMILES string of the molecule is CC(C)C(NC(=O)Cc1ccc2ccccc2c1)C(=O)Nc1ccc2c(c1)OCCO2. The number of benzene rings is 3. The maximum atomic E-state index is 12.9. The maximum absolute atomic E-state index is 12.9. The van der Waals surface area contributed by atoms with Gasteiger partial charge < -0.3 is 20.1 Å². The highest BCUT2D eigenvalue weighted by molar-refractivity contribution is 5.98. The summed E-state index contributed by atoms with van der Waals surface area (Å²) >= 11 is 0. The lowest BCUT2D eigenvalue weighted by Gasteiger charge is -2.23. The quantitative estimate of drug-likeness (QED) is 0.636. The number of amides is 2. The van der Waals surface area contributed by atoms with Crippen LogP contribution in [0.4, 0.5) is 5.69 Å². The Morgan fingerprint density at radius 1 is 0.903 bits per heavy atom. The zero-order valence-corrected chi connectivity index (χ0v) is 17.7. The molecule has 2 amide bonds. The van der Waals surface area contributed by atoms with E-state index in [4.69, 9.17) is 9.47 Å². The Kier molecular flexibility index (Phi) is 6.07. The van der Waals surface area contributed by atoms with Gasteiger partial charge in [0, 0.05) is 11.8 Å². The van der Waals surface area contributed by atoms with E-state index in [0.717, 1.165) is 16.3 Å². The van der Waals surface area contributed by atoms with Crippen molar-refractivity contribution >= 4 is 28.3 Å². The Balaban J connectivity index is 1.41. The lowest BCUT2D eigenvalue weighted by molar-refractivity contribution is -0.127. The summed E-state index contributed by atoms with van der Waals surface area (Å²) in [6.45, 7) is 4.80. The first-order valence-corrected chi connectivity index (χ1v) is 10.5. The fourth-order valence-corrected chi connectivity index (χ4v) is 3.63. The minimum Gasteiger partial charge on any atom is -0.486 e. The number of rotatable bonds is 6. The molecule has 0 spiro atoms. The molecule has 1 atom stereocenters. The maximum Gasteiger partial charge on any atom is 0.247 e. The largest absolute Gasteiger partial charge is 0.486 e. The van der Waals surface area contributed by atoms with Gasteiger partial charge in [0.05, 0.1) is 6.42 Å². The number of carbonyl (C=O) groups excluding carboxylic acids is 2. The van der Waals surface area contributed by atoms with Crippen LogP contribution in [0.3, 0.4) is 0 Å². The van der Waals surface area contributed by atoms with Crippen LogP contribution in [0.1, 0.15) is 19.4 Å². The van der Waals surface area contributed by atoms with Crippen molar-refractivity contribution in [1.29, 1.82) is 0 Å². The van der Waals surface area contributed by atoms with Gasteiger partial charge in [-0.15, -0.1) is 0 Å². The van der Waals surface area contributed by atoms with Crippen molar-refractivity contribution < 1.29 is 19.1 Å². The zero-order valence-electron chi connectivity index (χ0n) is 17.7. The number of ether oxygens (including phenoxy) is 2. The van der Waals surface area contributed by atoms with Gasteiger partial charge in [0.2, 0.25) is 11.8 Å². The minimum absolute atomic E-state index is 0.0715. The molecule has 31 heavy (non-hydrogen) atoms. The van der Waals surface area contributed by atoms with Crippen molar-refractivity contribution in [3.05, 3.63) is 66.2 Å². The second-order valence-electron chi connectivity index (χ2n) is 8.00. The fourth-order valence-electron chi connectivity index (χ4n) is 3.63. The Morgan fingerprint density at radius 3 is 2.42 bits per heavy atom. The molecular formula is C25H26N2O4. The molecule has 0 aliphatic carbocycles. The van der Waals surface area contributed by atoms with Crippen LogP contribution in [-0.4, -0.2) is 31.1 Å². The Hall–Kier alpha value is -3.54. The van der Waals surface area contributed by atoms with Gasteiger partial charge in [0.25, 0.3) is 0 Å². The van der Waals surface area contributed by atoms with Crippen LogP contribution in [0.15, 0.2) is 60.7 Å². The summed E-state index contributed by atoms with van der Waals surface area (Å²) in [7, 11) is 0. The number of nitrogens with one attached hydrogen (secondary N) is 2. The monoisotopic (exact) mass is 418 g/mol. The Labute approximate surface area is 181 Å². The van der Waals surface area contributed by atoms with Crippen LogP contribution in [0.2, 0.25) is 0 Å². The smallest absolute Gasteiger partial charge is 0.247 e. The Bertz CT molecular complexity index is 1110. The molecule has 4 rings (SSSR count). The van der Waals surface area contributed by atoms with E-state index in [9.17, 15) is 9.59 Å². The third-order valence-corrected chi connectivity index (χ3v) is 5.25. The molecule has 1 aliphatic heterocycles. The molecule has 1 heterocycles. The summed E-state index contributed by atoms with van der Waals surface area (Å²) in [5.41, 5.74) is 1.51. The van der Waals surface area contributed by atoms with Gasteiger partial charge in [-0.25, -0.2) is 0 Å². The first kappa shape index (κ1) is 20.7. The first-order chi connectivity index (χ1) is 15.0. The topological polar surface area (TPSA) is 76.7 Å². The van der Waals surface area contributed by atoms with Gasteiger partial charge in [-0.05, 0) is 34.4 Å². The number of anilines is 1. The van der Waals surface area contributed by atoms with Crippen LogP contribution in [0, 0.1) is 5.92 Å². The molecule has 0 saturated heterocycles. The molecule has 0 saturated carbocycles. The predicted molar refractivity (Wildman–Crippen MR) is 120 cm³/mol. The van der Waals surface area contributed by atoms with Crippen molar-refractivity contribution in [3.8, 4) is 11.5 Å². The standard InChI is InChI=1S/C25H26N2O4/c1-16(2)24(25(29)26-20-9-10-21-22(15-20)31-12-11-30-21)27-23(28)14-17-7-8-18-5-3-4-6-19(18)13-17/h3-10,13,15-16,24H,11-12,14H2,1-2H3,(H,26,29)(H,27,28). The van der Waals surface area contributed by atoms with E-state index in [0.29, 0.717) is 30.4 Å². The lowest BCUT2D eigenvalue weighted by atomic mass is 10.0. The second-order valence-corrected chi connectivity index (χ2v) is 8.00. The molecule has 3 aromatic carbocycles. The summed E-state index contributed by atoms with van der Waals surface area (Å²) in [5, 5.41) is 7.98. The number of hydrogen-bond donors (Lipinski definition) is 2. The van der Waals surface area contributed by atoms with Crippen molar-refractivity contribution in [1.82, 2.24) is 5.32 Å². The van der Waals surface area contributed by atoms with Gasteiger partial charge in [-0.1, -0.05) is 56.3 Å². The molecule has 160 valence electrons. The molecule has 2 N–H and O–H groups in total. The van der Waals surface area contributed by atoms with E-state index in [1.807, 2.05) is 56.3 Å². The fraction of sp³-hybridized carbons (Fsp3) is 0.280. The van der Waals surface area contributed by atoms with Crippen LogP contribution in [-0.2, 0) is 16.0 Å². The first-order valence-electron chi connectivity index (χ1n) is 10.5. The van der Waals surface area contributed by atoms with Gasteiger partial charge >= 0.3 is 0 Å². The molecule has 0 aromatic heterocycles. The van der Waals surface area contributed by atoms with Crippen molar-refractivity contribution in [3.63, 3.8) is 0 Å². The molecule has 1 unspecified atom stereocenters. The third-order valence-electron chi connectivity index (χ3n) is 5.25. The highest BCUT2D eigenvalue weighted by atomic mass is 16.6. The zero-order chi connectivity index (χ0) is 21.8. The van der Waals surface area contributed by atoms with E-state index in [1.54, 1.807) is 18.2 Å². The minimum atomic E-state index is -0.652. The summed E-state index contributed by atoms with van der Waals surface area (Å²) in [5.74, 6) is 0.737. The third kappa shape index (κ3) is 4.97. The predicted octanol–water partition coefficient (Wildman–Crippen LogP) is 3.93. The van der Waals surface area contributed by atoms with Crippen LogP contribution < -0.4 is 20.1 Å². The summed E-state index contributed by atoms with van der Waals surface area (Å²) in [6, 6.07) is 18.6. The average Bonchev–Trinajstić information content (AvgIpc) is 2.77. The highest BCUT2D eigenvalue weighted by Gasteiger charge is 2.25. The van der Waals surface area contributed by atoms with E-state index < -0.39 is 6.04 Å². The average molecular weight is 418 g/mol. The highest BCUT2D eigenvalue weighted by Crippen LogP contribution is 2.32. The van der Waals surface area contributed by atoms with Crippen molar-refractivity contribution in [2.24, 2.45) is 5.92 Å². The molecule has 3 aromatic rings. The normalized spacial score (nSPS) is 13.6.